The summed E-state index contributed by atoms with van der Waals surface area (Å²) in [5.74, 6) is -2.97. The Hall–Kier alpha value is -2.50. The molecule has 1 aromatic carbocycles. The van der Waals surface area contributed by atoms with Gasteiger partial charge in [-0.1, -0.05) is 24.3 Å². The third kappa shape index (κ3) is 3.51. The number of hydrogen-bond acceptors (Lipinski definition) is 4. The molecule has 0 saturated heterocycles. The molecule has 1 rings (SSSR count). The van der Waals surface area contributed by atoms with Crippen LogP contribution in [0.2, 0.25) is 0 Å². The molecule has 1 aromatic rings. The van der Waals surface area contributed by atoms with Crippen molar-refractivity contribution in [2.75, 3.05) is 0 Å². The average molecular weight is 249 g/mol. The number of benzene rings is 1. The van der Waals surface area contributed by atoms with E-state index < -0.39 is 22.6 Å². The summed E-state index contributed by atoms with van der Waals surface area (Å²) >= 11 is 0. The van der Waals surface area contributed by atoms with E-state index in [9.17, 15) is 19.7 Å². The van der Waals surface area contributed by atoms with Gasteiger partial charge in [0.2, 0.25) is 0 Å². The second kappa shape index (κ2) is 5.72. The van der Waals surface area contributed by atoms with Crippen molar-refractivity contribution in [1.82, 2.24) is 0 Å². The van der Waals surface area contributed by atoms with Crippen LogP contribution in [0.3, 0.4) is 0 Å². The molecule has 0 aliphatic carbocycles. The lowest BCUT2D eigenvalue weighted by Crippen LogP contribution is -2.18. The summed E-state index contributed by atoms with van der Waals surface area (Å²) in [6, 6.07) is 5.70. The Morgan fingerprint density at radius 3 is 2.61 bits per heavy atom. The number of nitrogens with zero attached hydrogens (tertiary/aromatic N) is 1. The first kappa shape index (κ1) is 13.6. The van der Waals surface area contributed by atoms with Gasteiger partial charge in [-0.05, 0) is 12.5 Å². The predicted octanol–water partition coefficient (Wildman–Crippen LogP) is 1.90. The maximum atomic E-state index is 11.0. The van der Waals surface area contributed by atoms with Gasteiger partial charge in [-0.3, -0.25) is 19.7 Å². The Morgan fingerprint density at radius 2 is 2.11 bits per heavy atom. The minimum Gasteiger partial charge on any atom is -0.480 e. The normalized spacial score (nSPS) is 12.3. The van der Waals surface area contributed by atoms with E-state index in [0.717, 1.165) is 0 Å². The third-order valence-electron chi connectivity index (χ3n) is 2.27. The lowest BCUT2D eigenvalue weighted by atomic mass is 10.0. The molecule has 0 amide bonds. The number of carboxylic acids is 1. The van der Waals surface area contributed by atoms with Crippen LogP contribution in [0.15, 0.2) is 30.3 Å². The molecular formula is C12H11NO5. The molecule has 0 radical (unpaired) electrons. The van der Waals surface area contributed by atoms with Crippen LogP contribution in [-0.2, 0) is 9.59 Å². The zero-order valence-corrected chi connectivity index (χ0v) is 9.57. The van der Waals surface area contributed by atoms with Gasteiger partial charge in [0.15, 0.2) is 0 Å². The average Bonchev–Trinajstić information content (AvgIpc) is 2.28. The van der Waals surface area contributed by atoms with Gasteiger partial charge in [-0.15, -0.1) is 0 Å². The van der Waals surface area contributed by atoms with Crippen molar-refractivity contribution in [3.63, 3.8) is 0 Å². The number of carbonyl (C=O) groups is 2. The first-order valence-corrected chi connectivity index (χ1v) is 5.07. The maximum absolute atomic E-state index is 11.0. The predicted molar refractivity (Wildman–Crippen MR) is 63.9 cm³/mol. The van der Waals surface area contributed by atoms with E-state index in [4.69, 9.17) is 5.11 Å². The fourth-order valence-corrected chi connectivity index (χ4v) is 1.34. The highest BCUT2D eigenvalue weighted by Crippen LogP contribution is 2.15. The standard InChI is InChI=1S/C12H11NO5/c1-8(14)11(12(15)16)6-5-9-3-2-4-10(7-9)13(17)18/h2-7,11H,1H3,(H,15,16). The smallest absolute Gasteiger partial charge is 0.317 e. The van der Waals surface area contributed by atoms with Gasteiger partial charge >= 0.3 is 5.97 Å². The molecule has 0 aliphatic heterocycles. The Kier molecular flexibility index (Phi) is 4.31. The molecule has 94 valence electrons. The molecule has 0 saturated carbocycles. The molecule has 0 aromatic heterocycles. The number of rotatable bonds is 5. The molecular weight excluding hydrogens is 238 g/mol. The third-order valence-corrected chi connectivity index (χ3v) is 2.27. The highest BCUT2D eigenvalue weighted by atomic mass is 16.6. The number of aliphatic carboxylic acids is 1. The summed E-state index contributed by atoms with van der Waals surface area (Å²) < 4.78 is 0. The van der Waals surface area contributed by atoms with Crippen LogP contribution in [0.1, 0.15) is 12.5 Å². The van der Waals surface area contributed by atoms with E-state index >= 15 is 0 Å². The number of nitro groups is 1. The highest BCUT2D eigenvalue weighted by Gasteiger charge is 2.18. The second-order valence-electron chi connectivity index (χ2n) is 3.64. The van der Waals surface area contributed by atoms with Crippen molar-refractivity contribution in [2.24, 2.45) is 5.92 Å². The molecule has 6 nitrogen and oxygen atoms in total. The van der Waals surface area contributed by atoms with Gasteiger partial charge < -0.3 is 5.11 Å². The Balaban J connectivity index is 2.96. The number of hydrogen-bond donors (Lipinski definition) is 1. The van der Waals surface area contributed by atoms with Crippen LogP contribution in [0.5, 0.6) is 0 Å². The van der Waals surface area contributed by atoms with Gasteiger partial charge in [0.25, 0.3) is 5.69 Å². The molecule has 1 unspecified atom stereocenters. The number of Topliss-reactive ketones (excluding diaryl/α,β-unsaturated/α-hetero) is 1. The fraction of sp³-hybridized carbons (Fsp3) is 0.167. The lowest BCUT2D eigenvalue weighted by Gasteiger charge is -2.01. The largest absolute Gasteiger partial charge is 0.480 e. The van der Waals surface area contributed by atoms with E-state index in [0.29, 0.717) is 5.56 Å². The molecule has 0 heterocycles. The van der Waals surface area contributed by atoms with Crippen LogP contribution >= 0.6 is 0 Å². The highest BCUT2D eigenvalue weighted by molar-refractivity contribution is 5.99. The van der Waals surface area contributed by atoms with E-state index in [-0.39, 0.29) is 5.69 Å². The Bertz CT molecular complexity index is 507. The Morgan fingerprint density at radius 1 is 1.44 bits per heavy atom. The SMILES string of the molecule is CC(=O)C(C=Cc1cccc([N+](=O)[O-])c1)C(=O)O. The molecule has 18 heavy (non-hydrogen) atoms. The van der Waals surface area contributed by atoms with Crippen LogP contribution in [-0.4, -0.2) is 21.8 Å². The molecule has 6 heteroatoms. The number of nitro benzene ring substituents is 1. The topological polar surface area (TPSA) is 97.5 Å². The first-order chi connectivity index (χ1) is 8.41. The second-order valence-corrected chi connectivity index (χ2v) is 3.64. The quantitative estimate of drug-likeness (QED) is 0.488. The summed E-state index contributed by atoms with van der Waals surface area (Å²) in [5.41, 5.74) is 0.378. The van der Waals surface area contributed by atoms with Gasteiger partial charge in [0, 0.05) is 12.1 Å². The van der Waals surface area contributed by atoms with Crippen LogP contribution < -0.4 is 0 Å². The van der Waals surface area contributed by atoms with Gasteiger partial charge in [0.1, 0.15) is 11.7 Å². The Labute approximate surface area is 103 Å². The number of carbonyl (C=O) groups excluding carboxylic acids is 1. The van der Waals surface area contributed by atoms with Crippen molar-refractivity contribution in [1.29, 1.82) is 0 Å². The number of carboxylic acid groups (broad SMARTS) is 1. The molecule has 0 bridgehead atoms. The molecule has 0 fully saturated rings. The summed E-state index contributed by atoms with van der Waals surface area (Å²) in [6.45, 7) is 1.18. The monoisotopic (exact) mass is 249 g/mol. The van der Waals surface area contributed by atoms with Gasteiger partial charge in [0.05, 0.1) is 4.92 Å². The van der Waals surface area contributed by atoms with Crippen molar-refractivity contribution >= 4 is 23.5 Å². The minimum absolute atomic E-state index is 0.0909. The first-order valence-electron chi connectivity index (χ1n) is 5.07. The molecule has 1 atom stereocenters. The maximum Gasteiger partial charge on any atom is 0.317 e. The van der Waals surface area contributed by atoms with E-state index in [1.807, 2.05) is 0 Å². The number of non-ortho nitro benzene ring substituents is 1. The van der Waals surface area contributed by atoms with Crippen molar-refractivity contribution < 1.29 is 19.6 Å². The molecule has 1 N–H and O–H groups in total. The number of ketones is 1. The molecule has 0 aliphatic rings. The van der Waals surface area contributed by atoms with Crippen molar-refractivity contribution in [2.45, 2.75) is 6.92 Å². The molecule has 0 spiro atoms. The van der Waals surface area contributed by atoms with Crippen molar-refractivity contribution in [3.05, 3.63) is 46.0 Å². The summed E-state index contributed by atoms with van der Waals surface area (Å²) in [7, 11) is 0. The van der Waals surface area contributed by atoms with Crippen LogP contribution in [0.4, 0.5) is 5.69 Å². The van der Waals surface area contributed by atoms with E-state index in [1.165, 1.54) is 37.3 Å². The van der Waals surface area contributed by atoms with Crippen molar-refractivity contribution in [3.8, 4) is 0 Å². The van der Waals surface area contributed by atoms with Gasteiger partial charge in [-0.2, -0.15) is 0 Å². The zero-order chi connectivity index (χ0) is 13.7. The minimum atomic E-state index is -1.25. The van der Waals surface area contributed by atoms with Crippen LogP contribution in [0, 0.1) is 16.0 Å². The zero-order valence-electron chi connectivity index (χ0n) is 9.57. The lowest BCUT2D eigenvalue weighted by molar-refractivity contribution is -0.384. The summed E-state index contributed by atoms with van der Waals surface area (Å²) in [6.07, 6.45) is 2.59. The van der Waals surface area contributed by atoms with E-state index in [1.54, 1.807) is 6.07 Å². The van der Waals surface area contributed by atoms with E-state index in [2.05, 4.69) is 0 Å². The van der Waals surface area contributed by atoms with Gasteiger partial charge in [-0.25, -0.2) is 0 Å². The van der Waals surface area contributed by atoms with Crippen LogP contribution in [0.25, 0.3) is 6.08 Å². The summed E-state index contributed by atoms with van der Waals surface area (Å²) in [4.78, 5) is 31.8. The fourth-order valence-electron chi connectivity index (χ4n) is 1.34. The summed E-state index contributed by atoms with van der Waals surface area (Å²) in [5, 5.41) is 19.3.